The van der Waals surface area contributed by atoms with Crippen molar-refractivity contribution >= 4 is 25.9 Å². The summed E-state index contributed by atoms with van der Waals surface area (Å²) in [5.74, 6) is -0.00600. The zero-order chi connectivity index (χ0) is 24.3. The smallest absolute Gasteiger partial charge is 0.330 e. The lowest BCUT2D eigenvalue weighted by molar-refractivity contribution is 0.286. The largest absolute Gasteiger partial charge is 0.493 e. The van der Waals surface area contributed by atoms with Crippen LogP contribution in [0.25, 0.3) is 0 Å². The molecule has 1 fully saturated rings. The van der Waals surface area contributed by atoms with E-state index in [0.717, 1.165) is 47.3 Å². The molecule has 0 spiro atoms. The molecule has 1 aliphatic heterocycles. The van der Waals surface area contributed by atoms with Crippen molar-refractivity contribution in [2.24, 2.45) is 5.92 Å². The summed E-state index contributed by atoms with van der Waals surface area (Å²) in [4.78, 5) is 0. The lowest BCUT2D eigenvalue weighted by atomic mass is 9.81. The van der Waals surface area contributed by atoms with Crippen LogP contribution in [0.4, 0.5) is 5.69 Å². The van der Waals surface area contributed by atoms with Gasteiger partial charge in [0.1, 0.15) is 18.0 Å². The molecule has 34 heavy (non-hydrogen) atoms. The molecule has 184 valence electrons. The Morgan fingerprint density at radius 2 is 1.85 bits per heavy atom. The minimum absolute atomic E-state index is 0.123. The maximum atomic E-state index is 12.5. The first-order valence-electron chi connectivity index (χ1n) is 11.1. The van der Waals surface area contributed by atoms with Crippen LogP contribution in [0.15, 0.2) is 60.6 Å². The fourth-order valence-electron chi connectivity index (χ4n) is 4.49. The van der Waals surface area contributed by atoms with Crippen molar-refractivity contribution in [3.63, 3.8) is 0 Å². The Bertz CT molecular complexity index is 1260. The van der Waals surface area contributed by atoms with E-state index in [0.29, 0.717) is 12.2 Å². The number of benzene rings is 2. The summed E-state index contributed by atoms with van der Waals surface area (Å²) in [5, 5.41) is 9.72. The lowest BCUT2D eigenvalue weighted by Crippen LogP contribution is -2.42. The van der Waals surface area contributed by atoms with Crippen molar-refractivity contribution in [1.29, 1.82) is 0 Å². The van der Waals surface area contributed by atoms with E-state index in [1.807, 2.05) is 41.1 Å². The molecule has 9 nitrogen and oxygen atoms in total. The van der Waals surface area contributed by atoms with Gasteiger partial charge < -0.3 is 9.84 Å². The molecule has 1 aliphatic carbocycles. The highest BCUT2D eigenvalue weighted by molar-refractivity contribution is 7.91. The van der Waals surface area contributed by atoms with Gasteiger partial charge in [-0.05, 0) is 48.4 Å². The summed E-state index contributed by atoms with van der Waals surface area (Å²) in [7, 11) is -7.30. The number of hydrogen-bond donors (Lipinski definition) is 3. The number of aliphatic hydroxyl groups is 1. The third kappa shape index (κ3) is 6.02. The standard InChI is InChI=1S/C23H29N3O6S2/c1-33(28,29)24-20-10-6-5-9-19(20)13-18-11-12-21(26-15-23(27)25-34(26,30)31)22(14-18)32-16-17-7-3-2-4-8-17/h2-4,7-8,11-12,14-15,19-20,24-25,27H,5-6,9-10,13,16H2,1H3/t19-,20+/m0/s1. The molecule has 0 amide bonds. The number of aliphatic hydroxyl groups excluding tert-OH is 1. The minimum atomic E-state index is -3.98. The van der Waals surface area contributed by atoms with E-state index in [4.69, 9.17) is 4.74 Å². The Hall–Kier alpha value is -2.76. The predicted molar refractivity (Wildman–Crippen MR) is 130 cm³/mol. The van der Waals surface area contributed by atoms with Gasteiger partial charge in [0, 0.05) is 6.04 Å². The second kappa shape index (κ2) is 9.85. The summed E-state index contributed by atoms with van der Waals surface area (Å²) in [6.45, 7) is 0.232. The first-order chi connectivity index (χ1) is 16.1. The van der Waals surface area contributed by atoms with Crippen LogP contribution in [0.3, 0.4) is 0 Å². The quantitative estimate of drug-likeness (QED) is 0.505. The van der Waals surface area contributed by atoms with Gasteiger partial charge >= 0.3 is 10.2 Å². The molecular weight excluding hydrogens is 478 g/mol. The van der Waals surface area contributed by atoms with Crippen LogP contribution in [-0.2, 0) is 33.3 Å². The van der Waals surface area contributed by atoms with Gasteiger partial charge in [0.25, 0.3) is 0 Å². The number of ether oxygens (including phenoxy) is 1. The summed E-state index contributed by atoms with van der Waals surface area (Å²) in [6, 6.07) is 14.6. The van der Waals surface area contributed by atoms with E-state index in [-0.39, 0.29) is 24.3 Å². The Morgan fingerprint density at radius 1 is 1.12 bits per heavy atom. The number of sulfonamides is 1. The summed E-state index contributed by atoms with van der Waals surface area (Å²) in [5.41, 5.74) is 2.10. The molecule has 1 heterocycles. The Labute approximate surface area is 200 Å². The molecular formula is C23H29N3O6S2. The van der Waals surface area contributed by atoms with Gasteiger partial charge in [0.05, 0.1) is 12.5 Å². The van der Waals surface area contributed by atoms with Gasteiger partial charge in [-0.1, -0.05) is 49.2 Å². The molecule has 2 aliphatic rings. The molecule has 0 aromatic heterocycles. The SMILES string of the molecule is CS(=O)(=O)N[C@@H]1CCCC[C@H]1Cc1ccc(N2C=C(O)NS2(=O)=O)c(OCc2ccccc2)c1. The Morgan fingerprint density at radius 3 is 2.53 bits per heavy atom. The fourth-order valence-corrected chi connectivity index (χ4v) is 6.41. The zero-order valence-corrected chi connectivity index (χ0v) is 20.5. The number of rotatable bonds is 8. The van der Waals surface area contributed by atoms with Crippen LogP contribution in [-0.4, -0.2) is 34.2 Å². The van der Waals surface area contributed by atoms with Gasteiger partial charge in [-0.2, -0.15) is 8.42 Å². The van der Waals surface area contributed by atoms with Crippen molar-refractivity contribution in [2.75, 3.05) is 10.6 Å². The first-order valence-corrected chi connectivity index (χ1v) is 14.4. The van der Waals surface area contributed by atoms with E-state index >= 15 is 0 Å². The van der Waals surface area contributed by atoms with Crippen molar-refractivity contribution in [2.45, 2.75) is 44.8 Å². The third-order valence-electron chi connectivity index (χ3n) is 6.00. The van der Waals surface area contributed by atoms with E-state index in [1.165, 1.54) is 6.26 Å². The van der Waals surface area contributed by atoms with Crippen LogP contribution in [0.1, 0.15) is 36.8 Å². The van der Waals surface area contributed by atoms with Gasteiger partial charge in [-0.3, -0.25) is 0 Å². The second-order valence-electron chi connectivity index (χ2n) is 8.74. The van der Waals surface area contributed by atoms with Crippen LogP contribution in [0.5, 0.6) is 5.75 Å². The van der Waals surface area contributed by atoms with E-state index < -0.39 is 26.1 Å². The summed E-state index contributed by atoms with van der Waals surface area (Å²) >= 11 is 0. The van der Waals surface area contributed by atoms with Crippen LogP contribution >= 0.6 is 0 Å². The predicted octanol–water partition coefficient (Wildman–Crippen LogP) is 2.93. The average molecular weight is 508 g/mol. The molecule has 0 bridgehead atoms. The zero-order valence-electron chi connectivity index (χ0n) is 18.8. The first kappa shape index (κ1) is 24.4. The maximum absolute atomic E-state index is 12.5. The Balaban J connectivity index is 1.62. The number of nitrogens with one attached hydrogen (secondary N) is 2. The molecule has 4 rings (SSSR count). The minimum Gasteiger partial charge on any atom is -0.493 e. The molecule has 11 heteroatoms. The highest BCUT2D eigenvalue weighted by Crippen LogP contribution is 2.36. The monoisotopic (exact) mass is 507 g/mol. The van der Waals surface area contributed by atoms with Crippen molar-refractivity contribution < 1.29 is 26.7 Å². The molecule has 1 saturated carbocycles. The third-order valence-corrected chi connectivity index (χ3v) is 8.02. The van der Waals surface area contributed by atoms with Gasteiger partial charge in [0.2, 0.25) is 15.9 Å². The van der Waals surface area contributed by atoms with Crippen molar-refractivity contribution in [3.8, 4) is 5.75 Å². The maximum Gasteiger partial charge on any atom is 0.330 e. The second-order valence-corrected chi connectivity index (χ2v) is 12.1. The van der Waals surface area contributed by atoms with E-state index in [1.54, 1.807) is 12.1 Å². The summed E-state index contributed by atoms with van der Waals surface area (Å²) < 4.78 is 60.4. The highest BCUT2D eigenvalue weighted by Gasteiger charge is 2.32. The fraction of sp³-hybridized carbons (Fsp3) is 0.391. The van der Waals surface area contributed by atoms with Gasteiger partial charge in [-0.25, -0.2) is 22.2 Å². The van der Waals surface area contributed by atoms with Gasteiger partial charge in [-0.15, -0.1) is 0 Å². The normalized spacial score (nSPS) is 22.1. The molecule has 0 unspecified atom stereocenters. The lowest BCUT2D eigenvalue weighted by Gasteiger charge is -2.32. The number of nitrogens with zero attached hydrogens (tertiary/aromatic N) is 1. The summed E-state index contributed by atoms with van der Waals surface area (Å²) in [6.07, 6.45) is 6.59. The Kier molecular flexibility index (Phi) is 7.06. The molecule has 0 radical (unpaired) electrons. The highest BCUT2D eigenvalue weighted by atomic mass is 32.2. The molecule has 0 saturated heterocycles. The van der Waals surface area contributed by atoms with Crippen molar-refractivity contribution in [3.05, 3.63) is 71.7 Å². The van der Waals surface area contributed by atoms with E-state index in [2.05, 4.69) is 4.72 Å². The van der Waals surface area contributed by atoms with Crippen LogP contribution < -0.4 is 18.5 Å². The van der Waals surface area contributed by atoms with E-state index in [9.17, 15) is 21.9 Å². The van der Waals surface area contributed by atoms with Crippen molar-refractivity contribution in [1.82, 2.24) is 9.44 Å². The van der Waals surface area contributed by atoms with Crippen LogP contribution in [0.2, 0.25) is 0 Å². The molecule has 2 aromatic carbocycles. The molecule has 3 N–H and O–H groups in total. The molecule has 2 aromatic rings. The average Bonchev–Trinajstić information content (AvgIpc) is 3.05. The van der Waals surface area contributed by atoms with Crippen LogP contribution in [0, 0.1) is 5.92 Å². The molecule has 2 atom stereocenters. The number of anilines is 1. The number of hydrogen-bond acceptors (Lipinski definition) is 6. The van der Waals surface area contributed by atoms with Gasteiger partial charge in [0.15, 0.2) is 0 Å². The topological polar surface area (TPSA) is 125 Å².